The summed E-state index contributed by atoms with van der Waals surface area (Å²) in [5.41, 5.74) is 0.889. The predicted octanol–water partition coefficient (Wildman–Crippen LogP) is 1.58. The van der Waals surface area contributed by atoms with Gasteiger partial charge in [0.2, 0.25) is 0 Å². The third-order valence-corrected chi connectivity index (χ3v) is 4.37. The minimum absolute atomic E-state index is 0.420. The highest BCUT2D eigenvalue weighted by Crippen LogP contribution is 2.33. The third-order valence-electron chi connectivity index (χ3n) is 4.37. The Balaban J connectivity index is 1.68. The summed E-state index contributed by atoms with van der Waals surface area (Å²) in [4.78, 5) is 24.0. The van der Waals surface area contributed by atoms with Gasteiger partial charge >= 0.3 is 11.9 Å². The first-order valence-electron chi connectivity index (χ1n) is 7.80. The zero-order valence-electron chi connectivity index (χ0n) is 13.1. The van der Waals surface area contributed by atoms with Crippen molar-refractivity contribution < 1.29 is 29.3 Å². The average molecular weight is 333 g/mol. The molecular weight excluding hydrogens is 314 g/mol. The maximum absolute atomic E-state index is 10.9. The summed E-state index contributed by atoms with van der Waals surface area (Å²) in [6.07, 6.45) is 2.76. The highest BCUT2D eigenvalue weighted by atomic mass is 16.7. The van der Waals surface area contributed by atoms with Crippen molar-refractivity contribution >= 4 is 23.7 Å². The molecule has 0 aromatic heterocycles. The lowest BCUT2D eigenvalue weighted by molar-refractivity contribution is -0.169. The van der Waals surface area contributed by atoms with Gasteiger partial charge in [-0.25, -0.2) is 9.59 Å². The Bertz CT molecular complexity index is 634. The minimum Gasteiger partial charge on any atom is -0.477 e. The van der Waals surface area contributed by atoms with Gasteiger partial charge < -0.3 is 24.6 Å². The lowest BCUT2D eigenvalue weighted by Crippen LogP contribution is -2.45. The van der Waals surface area contributed by atoms with E-state index in [1.807, 2.05) is 12.1 Å². The molecule has 24 heavy (non-hydrogen) atoms. The smallest absolute Gasteiger partial charge is 0.343 e. The molecule has 7 heteroatoms. The van der Waals surface area contributed by atoms with Crippen molar-refractivity contribution in [2.75, 3.05) is 31.2 Å². The van der Waals surface area contributed by atoms with Crippen LogP contribution in [0.3, 0.4) is 0 Å². The van der Waals surface area contributed by atoms with E-state index in [-0.39, 0.29) is 0 Å². The zero-order chi connectivity index (χ0) is 17.2. The van der Waals surface area contributed by atoms with E-state index in [9.17, 15) is 9.59 Å². The number of nitrogens with zero attached hydrogens (tertiary/aromatic N) is 1. The van der Waals surface area contributed by atoms with Crippen molar-refractivity contribution in [2.45, 2.75) is 18.6 Å². The molecule has 7 nitrogen and oxygen atoms in total. The van der Waals surface area contributed by atoms with Gasteiger partial charge in [-0.05, 0) is 23.8 Å². The van der Waals surface area contributed by atoms with E-state index in [1.54, 1.807) is 12.1 Å². The summed E-state index contributed by atoms with van der Waals surface area (Å²) >= 11 is 0. The topological polar surface area (TPSA) is 96.3 Å². The number of carboxylic acids is 2. The Morgan fingerprint density at radius 3 is 2.04 bits per heavy atom. The van der Waals surface area contributed by atoms with E-state index < -0.39 is 23.3 Å². The fourth-order valence-electron chi connectivity index (χ4n) is 3.05. The van der Waals surface area contributed by atoms with Gasteiger partial charge in [-0.1, -0.05) is 12.1 Å². The van der Waals surface area contributed by atoms with E-state index in [2.05, 4.69) is 4.90 Å². The predicted molar refractivity (Wildman–Crippen MR) is 85.8 cm³/mol. The molecule has 0 saturated carbocycles. The number of carboxylic acid groups (broad SMARTS) is 2. The van der Waals surface area contributed by atoms with Crippen LogP contribution in [0.1, 0.15) is 18.4 Å². The monoisotopic (exact) mass is 333 g/mol. The molecule has 2 aliphatic rings. The highest BCUT2D eigenvalue weighted by molar-refractivity contribution is 6.16. The molecule has 0 radical (unpaired) electrons. The lowest BCUT2D eigenvalue weighted by atomic mass is 10.0. The lowest BCUT2D eigenvalue weighted by Gasteiger charge is -2.38. The molecule has 0 aliphatic carbocycles. The van der Waals surface area contributed by atoms with Crippen molar-refractivity contribution in [3.05, 3.63) is 35.4 Å². The average Bonchev–Trinajstić information content (AvgIpc) is 3.01. The van der Waals surface area contributed by atoms with E-state index in [0.717, 1.165) is 37.7 Å². The number of carbonyl (C=O) groups is 2. The number of ether oxygens (including phenoxy) is 2. The van der Waals surface area contributed by atoms with Gasteiger partial charge in [-0.15, -0.1) is 0 Å². The van der Waals surface area contributed by atoms with Gasteiger partial charge in [0.15, 0.2) is 5.79 Å². The highest BCUT2D eigenvalue weighted by Gasteiger charge is 2.39. The van der Waals surface area contributed by atoms with E-state index in [0.29, 0.717) is 18.8 Å². The second-order valence-electron chi connectivity index (χ2n) is 5.85. The van der Waals surface area contributed by atoms with E-state index in [1.165, 1.54) is 0 Å². The standard InChI is InChI=1S/C17H19NO6/c19-15(20)14(16(21)22)11-12-1-3-13(4-2-12)18-7-5-17(6-8-18)23-9-10-24-17/h1-4,11H,5-10H2,(H,19,20)(H,21,22). The molecule has 1 aromatic rings. The van der Waals surface area contributed by atoms with Crippen LogP contribution in [-0.4, -0.2) is 54.2 Å². The summed E-state index contributed by atoms with van der Waals surface area (Å²) in [5.74, 6) is -3.33. The van der Waals surface area contributed by atoms with Crippen molar-refractivity contribution in [3.8, 4) is 0 Å². The molecule has 2 aliphatic heterocycles. The van der Waals surface area contributed by atoms with E-state index in [4.69, 9.17) is 19.7 Å². The van der Waals surface area contributed by atoms with Crippen molar-refractivity contribution in [3.63, 3.8) is 0 Å². The summed E-state index contributed by atoms with van der Waals surface area (Å²) < 4.78 is 11.4. The second kappa shape index (κ2) is 6.62. The molecule has 2 fully saturated rings. The number of hydrogen-bond donors (Lipinski definition) is 2. The Kier molecular flexibility index (Phi) is 4.55. The van der Waals surface area contributed by atoms with Gasteiger partial charge in [0.25, 0.3) is 0 Å². The van der Waals surface area contributed by atoms with Gasteiger partial charge in [0.1, 0.15) is 5.57 Å². The Labute approximate surface area is 139 Å². The number of hydrogen-bond acceptors (Lipinski definition) is 5. The number of benzene rings is 1. The van der Waals surface area contributed by atoms with Crippen LogP contribution >= 0.6 is 0 Å². The van der Waals surface area contributed by atoms with Crippen LogP contribution in [0.2, 0.25) is 0 Å². The zero-order valence-corrected chi connectivity index (χ0v) is 13.1. The van der Waals surface area contributed by atoms with Gasteiger partial charge in [-0.3, -0.25) is 0 Å². The van der Waals surface area contributed by atoms with Crippen molar-refractivity contribution in [2.24, 2.45) is 0 Å². The minimum atomic E-state index is -1.45. The summed E-state index contributed by atoms with van der Waals surface area (Å²) in [6.45, 7) is 2.92. The van der Waals surface area contributed by atoms with Crippen LogP contribution < -0.4 is 4.90 Å². The molecular formula is C17H19NO6. The van der Waals surface area contributed by atoms with E-state index >= 15 is 0 Å². The molecule has 2 heterocycles. The summed E-state index contributed by atoms with van der Waals surface area (Å²) in [6, 6.07) is 7.16. The second-order valence-corrected chi connectivity index (χ2v) is 5.85. The molecule has 2 saturated heterocycles. The van der Waals surface area contributed by atoms with Gasteiger partial charge in [0.05, 0.1) is 13.2 Å². The quantitative estimate of drug-likeness (QED) is 0.490. The normalized spacial score (nSPS) is 19.2. The third kappa shape index (κ3) is 3.42. The summed E-state index contributed by atoms with van der Waals surface area (Å²) in [7, 11) is 0. The number of piperidine rings is 1. The maximum atomic E-state index is 10.9. The van der Waals surface area contributed by atoms with Crippen molar-refractivity contribution in [1.82, 2.24) is 0 Å². The fraction of sp³-hybridized carbons (Fsp3) is 0.412. The van der Waals surface area contributed by atoms with Crippen LogP contribution in [0.4, 0.5) is 5.69 Å². The van der Waals surface area contributed by atoms with Crippen molar-refractivity contribution in [1.29, 1.82) is 0 Å². The fourth-order valence-corrected chi connectivity index (χ4v) is 3.05. The van der Waals surface area contributed by atoms with Crippen LogP contribution in [0, 0.1) is 0 Å². The number of anilines is 1. The van der Waals surface area contributed by atoms with Gasteiger partial charge in [0, 0.05) is 31.6 Å². The van der Waals surface area contributed by atoms with Crippen LogP contribution in [-0.2, 0) is 19.1 Å². The largest absolute Gasteiger partial charge is 0.477 e. The van der Waals surface area contributed by atoms with Gasteiger partial charge in [-0.2, -0.15) is 0 Å². The first-order valence-corrected chi connectivity index (χ1v) is 7.80. The Morgan fingerprint density at radius 2 is 1.54 bits per heavy atom. The van der Waals surface area contributed by atoms with Crippen LogP contribution in [0.25, 0.3) is 6.08 Å². The molecule has 0 atom stereocenters. The maximum Gasteiger partial charge on any atom is 0.343 e. The molecule has 3 rings (SSSR count). The first kappa shape index (κ1) is 16.5. The summed E-state index contributed by atoms with van der Waals surface area (Å²) in [5, 5.41) is 17.8. The molecule has 0 amide bonds. The molecule has 1 aromatic carbocycles. The first-order chi connectivity index (χ1) is 11.5. The molecule has 0 unspecified atom stereocenters. The Hall–Kier alpha value is -2.38. The number of rotatable bonds is 4. The Morgan fingerprint density at radius 1 is 1.00 bits per heavy atom. The molecule has 0 bridgehead atoms. The molecule has 2 N–H and O–H groups in total. The number of aliphatic carboxylic acids is 2. The molecule has 1 spiro atoms. The van der Waals surface area contributed by atoms with Crippen LogP contribution in [0.5, 0.6) is 0 Å². The SMILES string of the molecule is O=C(O)C(=Cc1ccc(N2CCC3(CC2)OCCO3)cc1)C(=O)O. The van der Waals surface area contributed by atoms with Crippen LogP contribution in [0.15, 0.2) is 29.8 Å². The molecule has 128 valence electrons.